The van der Waals surface area contributed by atoms with Crippen LogP contribution in [-0.2, 0) is 33.2 Å². The Kier molecular flexibility index (Phi) is 7.24. The second kappa shape index (κ2) is 10.6. The molecule has 1 spiro atoms. The van der Waals surface area contributed by atoms with Gasteiger partial charge in [-0.25, -0.2) is 8.51 Å². The topological polar surface area (TPSA) is 106 Å². The molecule has 0 amide bonds. The summed E-state index contributed by atoms with van der Waals surface area (Å²) < 4.78 is 68.2. The van der Waals surface area contributed by atoms with E-state index in [1.54, 1.807) is 47.6 Å². The maximum absolute atomic E-state index is 13.7. The Hall–Kier alpha value is -3.52. The summed E-state index contributed by atoms with van der Waals surface area (Å²) in [5.41, 5.74) is 1.37. The summed E-state index contributed by atoms with van der Waals surface area (Å²) in [6.07, 6.45) is -3.85. The van der Waals surface area contributed by atoms with Gasteiger partial charge in [-0.15, -0.1) is 10.2 Å². The first-order valence-electron chi connectivity index (χ1n) is 12.9. The molecule has 2 aliphatic rings. The van der Waals surface area contributed by atoms with Crippen molar-refractivity contribution in [2.45, 2.75) is 42.5 Å². The molecule has 6 rings (SSSR count). The number of rotatable bonds is 6. The maximum atomic E-state index is 13.7. The third kappa shape index (κ3) is 5.14. The lowest BCUT2D eigenvalue weighted by molar-refractivity contribution is -0.165. The van der Waals surface area contributed by atoms with Crippen molar-refractivity contribution in [1.29, 1.82) is 0 Å². The van der Waals surface area contributed by atoms with Crippen LogP contribution in [0, 0.1) is 6.92 Å². The number of alkyl halides is 3. The number of para-hydroxylation sites is 1. The normalized spacial score (nSPS) is 19.1. The zero-order valence-corrected chi connectivity index (χ0v) is 23.7. The van der Waals surface area contributed by atoms with Crippen LogP contribution in [0.4, 0.5) is 13.2 Å². The third-order valence-corrected chi connectivity index (χ3v) is 9.30. The van der Waals surface area contributed by atoms with Crippen LogP contribution < -0.4 is 4.74 Å². The molecule has 0 aliphatic carbocycles. The molecule has 4 heterocycles. The van der Waals surface area contributed by atoms with E-state index in [4.69, 9.17) is 21.1 Å². The van der Waals surface area contributed by atoms with E-state index in [9.17, 15) is 27.3 Å². The summed E-state index contributed by atoms with van der Waals surface area (Å²) in [6.45, 7) is 2.73. The Morgan fingerprint density at radius 3 is 2.64 bits per heavy atom. The minimum absolute atomic E-state index is 0.0176. The fraction of sp³-hybridized carbons (Fsp3) is 0.321. The standard InChI is InChI=1S/C28H24ClF3N4O5S/c1-16-19(8-9-36-25(16)33-34-26(36)28(30,31)32)20(11-24(37)38)17-6-7-21(29)18(10-17)12-35-13-27(14-40-15-27)41-22-4-2-3-5-23(22)42(35)39/h2-10,20H,11-15H2,1H3,(H,37,38). The zero-order chi connectivity index (χ0) is 29.8. The number of aliphatic carboxylic acids is 1. The number of ether oxygens (including phenoxy) is 2. The van der Waals surface area contributed by atoms with Crippen molar-refractivity contribution in [3.63, 3.8) is 0 Å². The van der Waals surface area contributed by atoms with Crippen LogP contribution in [0.25, 0.3) is 5.65 Å². The number of halogens is 4. The van der Waals surface area contributed by atoms with Crippen LogP contribution in [0.15, 0.2) is 59.6 Å². The highest BCUT2D eigenvalue weighted by Gasteiger charge is 2.47. The van der Waals surface area contributed by atoms with E-state index < -0.39 is 40.5 Å². The number of aryl methyl sites for hydroxylation is 1. The molecule has 0 saturated carbocycles. The summed E-state index contributed by atoms with van der Waals surface area (Å²) in [4.78, 5) is 12.5. The van der Waals surface area contributed by atoms with Gasteiger partial charge >= 0.3 is 12.1 Å². The van der Waals surface area contributed by atoms with E-state index in [0.29, 0.717) is 57.7 Å². The average molecular weight is 621 g/mol. The van der Waals surface area contributed by atoms with Crippen molar-refractivity contribution in [2.24, 2.45) is 0 Å². The van der Waals surface area contributed by atoms with Gasteiger partial charge in [-0.2, -0.15) is 13.2 Å². The SMILES string of the molecule is Cc1c(C(CC(=O)O)c2ccc(Cl)c(CN3CC4(COC4)Oc4ccccc4S3=O)c2)ccn2c(C(F)(F)F)nnc12. The van der Waals surface area contributed by atoms with Gasteiger partial charge in [0, 0.05) is 23.7 Å². The van der Waals surface area contributed by atoms with E-state index in [0.717, 1.165) is 4.40 Å². The molecular weight excluding hydrogens is 597 g/mol. The number of carbonyl (C=O) groups is 1. The molecule has 2 aromatic heterocycles. The zero-order valence-electron chi connectivity index (χ0n) is 22.1. The molecule has 1 N–H and O–H groups in total. The van der Waals surface area contributed by atoms with Crippen LogP contribution in [-0.4, -0.2) is 59.5 Å². The second-order valence-corrected chi connectivity index (χ2v) is 12.2. The molecule has 0 bridgehead atoms. The highest BCUT2D eigenvalue weighted by atomic mass is 35.5. The molecule has 220 valence electrons. The van der Waals surface area contributed by atoms with Crippen molar-refractivity contribution in [3.05, 3.63) is 87.8 Å². The van der Waals surface area contributed by atoms with Crippen LogP contribution in [0.3, 0.4) is 0 Å². The minimum Gasteiger partial charge on any atom is -0.481 e. The molecule has 1 fully saturated rings. The first-order valence-corrected chi connectivity index (χ1v) is 14.4. The maximum Gasteiger partial charge on any atom is 0.452 e. The fourth-order valence-corrected chi connectivity index (χ4v) is 6.97. The Morgan fingerprint density at radius 1 is 1.19 bits per heavy atom. The summed E-state index contributed by atoms with van der Waals surface area (Å²) in [6, 6.07) is 13.6. The highest BCUT2D eigenvalue weighted by molar-refractivity contribution is 7.82. The lowest BCUT2D eigenvalue weighted by atomic mass is 9.86. The number of hydrogen-bond donors (Lipinski definition) is 1. The Balaban J connectivity index is 1.38. The molecule has 2 atom stereocenters. The van der Waals surface area contributed by atoms with Crippen LogP contribution in [0.2, 0.25) is 5.02 Å². The van der Waals surface area contributed by atoms with Gasteiger partial charge < -0.3 is 14.6 Å². The first kappa shape index (κ1) is 28.6. The van der Waals surface area contributed by atoms with Crippen LogP contribution >= 0.6 is 11.6 Å². The molecule has 14 heteroatoms. The van der Waals surface area contributed by atoms with Gasteiger partial charge in [0.2, 0.25) is 5.82 Å². The number of aromatic nitrogens is 3. The summed E-state index contributed by atoms with van der Waals surface area (Å²) >= 11 is 6.61. The second-order valence-electron chi connectivity index (χ2n) is 10.4. The molecule has 2 aliphatic heterocycles. The van der Waals surface area contributed by atoms with Crippen molar-refractivity contribution in [3.8, 4) is 5.75 Å². The number of fused-ring (bicyclic) bond motifs is 2. The summed E-state index contributed by atoms with van der Waals surface area (Å²) in [5, 5.41) is 17.2. The molecule has 1 saturated heterocycles. The third-order valence-electron chi connectivity index (χ3n) is 7.49. The van der Waals surface area contributed by atoms with Gasteiger partial charge in [0.15, 0.2) is 11.2 Å². The van der Waals surface area contributed by atoms with Crippen molar-refractivity contribution < 1.29 is 36.8 Å². The van der Waals surface area contributed by atoms with E-state index in [2.05, 4.69) is 10.2 Å². The van der Waals surface area contributed by atoms with E-state index in [-0.39, 0.29) is 18.6 Å². The summed E-state index contributed by atoms with van der Waals surface area (Å²) in [5.74, 6) is -2.47. The Morgan fingerprint density at radius 2 is 1.95 bits per heavy atom. The van der Waals surface area contributed by atoms with Gasteiger partial charge in [-0.3, -0.25) is 9.20 Å². The van der Waals surface area contributed by atoms with Crippen molar-refractivity contribution >= 4 is 34.2 Å². The van der Waals surface area contributed by atoms with Gasteiger partial charge in [-0.05, 0) is 53.4 Å². The van der Waals surface area contributed by atoms with Crippen LogP contribution in [0.5, 0.6) is 5.75 Å². The molecule has 2 aromatic carbocycles. The van der Waals surface area contributed by atoms with Crippen molar-refractivity contribution in [2.75, 3.05) is 19.8 Å². The van der Waals surface area contributed by atoms with Crippen LogP contribution in [0.1, 0.15) is 40.4 Å². The van der Waals surface area contributed by atoms with Gasteiger partial charge in [0.25, 0.3) is 0 Å². The molecule has 42 heavy (non-hydrogen) atoms. The molecular formula is C28H24ClF3N4O5S. The number of pyridine rings is 1. The Bertz CT molecular complexity index is 1730. The Labute approximate surface area is 245 Å². The first-order chi connectivity index (χ1) is 20.0. The number of carboxylic acid groups (broad SMARTS) is 1. The largest absolute Gasteiger partial charge is 0.481 e. The van der Waals surface area contributed by atoms with E-state index in [1.807, 2.05) is 6.07 Å². The van der Waals surface area contributed by atoms with Gasteiger partial charge in [-0.1, -0.05) is 35.9 Å². The number of nitrogens with zero attached hydrogens (tertiary/aromatic N) is 4. The molecule has 2 unspecified atom stereocenters. The molecule has 0 radical (unpaired) electrons. The molecule has 9 nitrogen and oxygen atoms in total. The predicted molar refractivity (Wildman–Crippen MR) is 146 cm³/mol. The lowest BCUT2D eigenvalue weighted by Gasteiger charge is -2.41. The highest BCUT2D eigenvalue weighted by Crippen LogP contribution is 2.39. The number of carboxylic acids is 1. The smallest absolute Gasteiger partial charge is 0.452 e. The van der Waals surface area contributed by atoms with Gasteiger partial charge in [0.05, 0.1) is 31.1 Å². The fourth-order valence-electron chi connectivity index (χ4n) is 5.43. The van der Waals surface area contributed by atoms with Crippen molar-refractivity contribution in [1.82, 2.24) is 18.9 Å². The lowest BCUT2D eigenvalue weighted by Crippen LogP contribution is -2.60. The van der Waals surface area contributed by atoms with Gasteiger partial charge in [0.1, 0.15) is 16.7 Å². The monoisotopic (exact) mass is 620 g/mol. The van der Waals surface area contributed by atoms with E-state index >= 15 is 0 Å². The van der Waals surface area contributed by atoms with E-state index in [1.165, 1.54) is 12.3 Å². The number of hydrogen-bond acceptors (Lipinski definition) is 6. The number of benzene rings is 2. The minimum atomic E-state index is -4.71. The molecule has 4 aromatic rings. The predicted octanol–water partition coefficient (Wildman–Crippen LogP) is 5.00. The summed E-state index contributed by atoms with van der Waals surface area (Å²) in [7, 11) is -1.59. The average Bonchev–Trinajstić information content (AvgIpc) is 3.32. The quantitative estimate of drug-likeness (QED) is 0.323.